The quantitative estimate of drug-likeness (QED) is 0.783. The van der Waals surface area contributed by atoms with E-state index in [1.54, 1.807) is 30.3 Å². The van der Waals surface area contributed by atoms with Crippen molar-refractivity contribution in [1.82, 2.24) is 0 Å². The van der Waals surface area contributed by atoms with Gasteiger partial charge in [-0.2, -0.15) is 0 Å². The van der Waals surface area contributed by atoms with Gasteiger partial charge in [-0.15, -0.1) is 0 Å². The van der Waals surface area contributed by atoms with Crippen LogP contribution in [0.15, 0.2) is 36.4 Å². The summed E-state index contributed by atoms with van der Waals surface area (Å²) in [5, 5.41) is 2.30. The van der Waals surface area contributed by atoms with Crippen LogP contribution < -0.4 is 5.73 Å². The van der Waals surface area contributed by atoms with Crippen LogP contribution in [-0.2, 0) is 6.42 Å². The molecule has 0 aliphatic heterocycles. The van der Waals surface area contributed by atoms with Crippen molar-refractivity contribution in [2.24, 2.45) is 5.73 Å². The van der Waals surface area contributed by atoms with Crippen LogP contribution in [-0.4, -0.2) is 0 Å². The van der Waals surface area contributed by atoms with Crippen molar-refractivity contribution in [2.45, 2.75) is 12.5 Å². The van der Waals surface area contributed by atoms with Crippen molar-refractivity contribution in [3.8, 4) is 0 Å². The summed E-state index contributed by atoms with van der Waals surface area (Å²) in [5.74, 6) is 0. The van der Waals surface area contributed by atoms with Crippen LogP contribution in [0.25, 0.3) is 0 Å². The molecular formula is C14H11Cl4N. The molecule has 0 spiro atoms. The molecule has 2 rings (SSSR count). The minimum atomic E-state index is -0.320. The van der Waals surface area contributed by atoms with E-state index >= 15 is 0 Å². The van der Waals surface area contributed by atoms with Crippen molar-refractivity contribution in [3.63, 3.8) is 0 Å². The second-order valence-electron chi connectivity index (χ2n) is 4.18. The number of hydrogen-bond acceptors (Lipinski definition) is 1. The van der Waals surface area contributed by atoms with Crippen LogP contribution >= 0.6 is 46.4 Å². The first-order valence-electron chi connectivity index (χ1n) is 5.62. The van der Waals surface area contributed by atoms with Crippen LogP contribution in [0.2, 0.25) is 20.1 Å². The van der Waals surface area contributed by atoms with Crippen molar-refractivity contribution < 1.29 is 0 Å². The van der Waals surface area contributed by atoms with E-state index in [1.165, 1.54) is 0 Å². The first kappa shape index (κ1) is 15.0. The monoisotopic (exact) mass is 333 g/mol. The standard InChI is InChI=1S/C14H11Cl4N/c15-9-5-4-8(12(18)7-9)6-13(19)14-10(16)2-1-3-11(14)17/h1-5,7,13H,6,19H2. The summed E-state index contributed by atoms with van der Waals surface area (Å²) in [6.07, 6.45) is 0.541. The Morgan fingerprint density at radius 1 is 0.895 bits per heavy atom. The molecule has 2 N–H and O–H groups in total. The number of hydrogen-bond donors (Lipinski definition) is 1. The van der Waals surface area contributed by atoms with Gasteiger partial charge in [0, 0.05) is 31.7 Å². The normalized spacial score (nSPS) is 12.5. The first-order valence-corrected chi connectivity index (χ1v) is 7.13. The Kier molecular flexibility index (Phi) is 4.99. The van der Waals surface area contributed by atoms with Crippen LogP contribution in [0.4, 0.5) is 0 Å². The van der Waals surface area contributed by atoms with Gasteiger partial charge >= 0.3 is 0 Å². The fraction of sp³-hybridized carbons (Fsp3) is 0.143. The third-order valence-electron chi connectivity index (χ3n) is 2.83. The lowest BCUT2D eigenvalue weighted by Crippen LogP contribution is -2.14. The van der Waals surface area contributed by atoms with E-state index in [-0.39, 0.29) is 6.04 Å². The highest BCUT2D eigenvalue weighted by molar-refractivity contribution is 6.36. The molecule has 0 bridgehead atoms. The summed E-state index contributed by atoms with van der Waals surface area (Å²) in [6.45, 7) is 0. The maximum atomic E-state index is 6.18. The summed E-state index contributed by atoms with van der Waals surface area (Å²) in [6, 6.07) is 10.3. The number of halogens is 4. The Hall–Kier alpha value is -0.440. The highest BCUT2D eigenvalue weighted by Gasteiger charge is 2.16. The van der Waals surface area contributed by atoms with E-state index < -0.39 is 0 Å². The molecule has 1 unspecified atom stereocenters. The van der Waals surface area contributed by atoms with Gasteiger partial charge < -0.3 is 5.73 Å². The fourth-order valence-electron chi connectivity index (χ4n) is 1.89. The minimum Gasteiger partial charge on any atom is -0.324 e. The smallest absolute Gasteiger partial charge is 0.0468 e. The molecule has 0 fully saturated rings. The van der Waals surface area contributed by atoms with Crippen LogP contribution in [0.3, 0.4) is 0 Å². The van der Waals surface area contributed by atoms with Gasteiger partial charge in [0.1, 0.15) is 0 Å². The molecule has 1 atom stereocenters. The first-order chi connectivity index (χ1) is 8.99. The Morgan fingerprint density at radius 2 is 1.53 bits per heavy atom. The van der Waals surface area contributed by atoms with E-state index in [4.69, 9.17) is 52.1 Å². The third-order valence-corrected chi connectivity index (χ3v) is 4.07. The summed E-state index contributed by atoms with van der Waals surface area (Å²) in [4.78, 5) is 0. The Balaban J connectivity index is 2.28. The predicted molar refractivity (Wildman–Crippen MR) is 83.6 cm³/mol. The molecular weight excluding hydrogens is 324 g/mol. The third kappa shape index (κ3) is 3.56. The molecule has 0 saturated carbocycles. The van der Waals surface area contributed by atoms with Gasteiger partial charge in [-0.25, -0.2) is 0 Å². The summed E-state index contributed by atoms with van der Waals surface area (Å²) >= 11 is 24.3. The van der Waals surface area contributed by atoms with E-state index in [1.807, 2.05) is 6.07 Å². The molecule has 0 saturated heterocycles. The molecule has 19 heavy (non-hydrogen) atoms. The zero-order chi connectivity index (χ0) is 14.0. The average molecular weight is 335 g/mol. The predicted octanol–water partition coefficient (Wildman–Crippen LogP) is 5.54. The second kappa shape index (κ2) is 6.34. The number of benzene rings is 2. The SMILES string of the molecule is NC(Cc1ccc(Cl)cc1Cl)c1c(Cl)cccc1Cl. The fourth-order valence-corrected chi connectivity index (χ4v) is 3.05. The molecule has 100 valence electrons. The molecule has 1 nitrogen and oxygen atoms in total. The van der Waals surface area contributed by atoms with Gasteiger partial charge in [0.05, 0.1) is 0 Å². The van der Waals surface area contributed by atoms with E-state index in [2.05, 4.69) is 0 Å². The van der Waals surface area contributed by atoms with E-state index in [9.17, 15) is 0 Å². The molecule has 0 amide bonds. The molecule has 0 aromatic heterocycles. The Bertz CT molecular complexity index is 578. The van der Waals surface area contributed by atoms with Gasteiger partial charge in [-0.05, 0) is 36.2 Å². The topological polar surface area (TPSA) is 26.0 Å². The molecule has 0 aliphatic rings. The lowest BCUT2D eigenvalue weighted by molar-refractivity contribution is 0.722. The zero-order valence-corrected chi connectivity index (χ0v) is 12.9. The van der Waals surface area contributed by atoms with Crippen molar-refractivity contribution in [1.29, 1.82) is 0 Å². The largest absolute Gasteiger partial charge is 0.324 e. The van der Waals surface area contributed by atoms with Gasteiger partial charge in [-0.1, -0.05) is 58.5 Å². The van der Waals surface area contributed by atoms with Crippen molar-refractivity contribution in [3.05, 3.63) is 67.6 Å². The van der Waals surface area contributed by atoms with E-state index in [0.717, 1.165) is 11.1 Å². The highest BCUT2D eigenvalue weighted by Crippen LogP contribution is 2.32. The average Bonchev–Trinajstić information content (AvgIpc) is 2.32. The maximum Gasteiger partial charge on any atom is 0.0468 e. The van der Waals surface area contributed by atoms with Crippen LogP contribution in [0.5, 0.6) is 0 Å². The molecule has 5 heteroatoms. The van der Waals surface area contributed by atoms with Gasteiger partial charge in [0.15, 0.2) is 0 Å². The van der Waals surface area contributed by atoms with Crippen molar-refractivity contribution >= 4 is 46.4 Å². The summed E-state index contributed by atoms with van der Waals surface area (Å²) < 4.78 is 0. The second-order valence-corrected chi connectivity index (χ2v) is 5.84. The maximum absolute atomic E-state index is 6.18. The van der Waals surface area contributed by atoms with E-state index in [0.29, 0.717) is 26.5 Å². The summed E-state index contributed by atoms with van der Waals surface area (Å²) in [7, 11) is 0. The highest BCUT2D eigenvalue weighted by atomic mass is 35.5. The Labute approximate surface area is 132 Å². The number of rotatable bonds is 3. The van der Waals surface area contributed by atoms with Gasteiger partial charge in [-0.3, -0.25) is 0 Å². The summed E-state index contributed by atoms with van der Waals surface area (Å²) in [5.41, 5.74) is 7.82. The molecule has 0 aliphatic carbocycles. The minimum absolute atomic E-state index is 0.320. The zero-order valence-electron chi connectivity index (χ0n) is 9.84. The van der Waals surface area contributed by atoms with Crippen molar-refractivity contribution in [2.75, 3.05) is 0 Å². The molecule has 2 aromatic rings. The number of nitrogens with two attached hydrogens (primary N) is 1. The Morgan fingerprint density at radius 3 is 2.11 bits per heavy atom. The van der Waals surface area contributed by atoms with Gasteiger partial charge in [0.25, 0.3) is 0 Å². The van der Waals surface area contributed by atoms with Gasteiger partial charge in [0.2, 0.25) is 0 Å². The van der Waals surface area contributed by atoms with Crippen LogP contribution in [0, 0.1) is 0 Å². The molecule has 0 radical (unpaired) electrons. The van der Waals surface area contributed by atoms with Crippen LogP contribution in [0.1, 0.15) is 17.2 Å². The molecule has 2 aromatic carbocycles. The molecule has 0 heterocycles. The lowest BCUT2D eigenvalue weighted by Gasteiger charge is -2.16. The lowest BCUT2D eigenvalue weighted by atomic mass is 9.99.